The van der Waals surface area contributed by atoms with E-state index < -0.39 is 23.7 Å². The van der Waals surface area contributed by atoms with Gasteiger partial charge in [0.2, 0.25) is 5.91 Å². The summed E-state index contributed by atoms with van der Waals surface area (Å²) >= 11 is 0. The lowest BCUT2D eigenvalue weighted by molar-refractivity contribution is -0.126. The molecule has 0 fully saturated rings. The highest BCUT2D eigenvalue weighted by Crippen LogP contribution is 2.37. The molecule has 2 aromatic carbocycles. The van der Waals surface area contributed by atoms with Crippen LogP contribution in [0, 0.1) is 5.82 Å². The molecule has 1 atom stereocenters. The average Bonchev–Trinajstić information content (AvgIpc) is 2.95. The summed E-state index contributed by atoms with van der Waals surface area (Å²) in [5, 5.41) is 12.6. The van der Waals surface area contributed by atoms with E-state index in [9.17, 15) is 14.3 Å². The molecule has 4 heteroatoms. The Labute approximate surface area is 128 Å². The van der Waals surface area contributed by atoms with E-state index in [-0.39, 0.29) is 5.56 Å². The van der Waals surface area contributed by atoms with Gasteiger partial charge in [0.15, 0.2) is 0 Å². The summed E-state index contributed by atoms with van der Waals surface area (Å²) in [6.07, 6.45) is 3.25. The molecule has 2 aromatic rings. The van der Waals surface area contributed by atoms with Gasteiger partial charge in [-0.3, -0.25) is 4.79 Å². The molecule has 0 saturated carbocycles. The third kappa shape index (κ3) is 2.31. The first kappa shape index (κ1) is 14.5. The summed E-state index contributed by atoms with van der Waals surface area (Å²) < 4.78 is 14.2. The summed E-state index contributed by atoms with van der Waals surface area (Å²) in [5.74, 6) is -0.884. The number of hydrogen-bond donors (Lipinski definition) is 2. The Morgan fingerprint density at radius 1 is 1.14 bits per heavy atom. The Bertz CT molecular complexity index is 727. The zero-order valence-electron chi connectivity index (χ0n) is 11.9. The number of hydrogen-bond acceptors (Lipinski definition) is 2. The molecule has 0 heterocycles. The van der Waals surface area contributed by atoms with Crippen molar-refractivity contribution in [2.24, 2.45) is 0 Å². The number of halogens is 1. The first-order valence-electron chi connectivity index (χ1n) is 7.09. The van der Waals surface area contributed by atoms with Crippen LogP contribution in [0.4, 0.5) is 4.39 Å². The van der Waals surface area contributed by atoms with E-state index in [1.165, 1.54) is 6.07 Å². The van der Waals surface area contributed by atoms with Crippen LogP contribution in [0.15, 0.2) is 54.6 Å². The van der Waals surface area contributed by atoms with E-state index in [2.05, 4.69) is 5.32 Å². The molecule has 0 aromatic heterocycles. The molecular weight excluding hydrogens is 281 g/mol. The molecule has 1 unspecified atom stereocenters. The molecule has 22 heavy (non-hydrogen) atoms. The largest absolute Gasteiger partial charge is 0.395 e. The van der Waals surface area contributed by atoms with Gasteiger partial charge in [-0.05, 0) is 17.2 Å². The van der Waals surface area contributed by atoms with Crippen molar-refractivity contribution >= 4 is 12.0 Å². The molecule has 1 aliphatic rings. The second kappa shape index (κ2) is 5.73. The van der Waals surface area contributed by atoms with Crippen LogP contribution >= 0.6 is 0 Å². The van der Waals surface area contributed by atoms with Gasteiger partial charge < -0.3 is 10.4 Å². The third-order valence-corrected chi connectivity index (χ3v) is 3.99. The number of fused-ring (bicyclic) bond motifs is 1. The SMILES string of the molecule is O=C(NCc1ccccc1)C1(CO)C=Cc2cccc(F)c21. The summed E-state index contributed by atoms with van der Waals surface area (Å²) in [4.78, 5) is 12.6. The van der Waals surface area contributed by atoms with E-state index in [1.54, 1.807) is 24.3 Å². The maximum atomic E-state index is 14.2. The van der Waals surface area contributed by atoms with Gasteiger partial charge >= 0.3 is 0 Å². The third-order valence-electron chi connectivity index (χ3n) is 3.99. The predicted molar refractivity (Wildman–Crippen MR) is 82.5 cm³/mol. The van der Waals surface area contributed by atoms with E-state index >= 15 is 0 Å². The fraction of sp³-hybridized carbons (Fsp3) is 0.167. The molecule has 0 aliphatic heterocycles. The molecule has 3 nitrogen and oxygen atoms in total. The van der Waals surface area contributed by atoms with Crippen molar-refractivity contribution in [2.75, 3.05) is 6.61 Å². The van der Waals surface area contributed by atoms with E-state index in [0.29, 0.717) is 12.1 Å². The van der Waals surface area contributed by atoms with Gasteiger partial charge in [0.1, 0.15) is 11.2 Å². The Hall–Kier alpha value is -2.46. The van der Waals surface area contributed by atoms with Crippen LogP contribution in [0.1, 0.15) is 16.7 Å². The Morgan fingerprint density at radius 3 is 2.64 bits per heavy atom. The molecule has 1 aliphatic carbocycles. The lowest BCUT2D eigenvalue weighted by atomic mass is 9.82. The number of rotatable bonds is 4. The van der Waals surface area contributed by atoms with Crippen LogP contribution in [0.5, 0.6) is 0 Å². The minimum atomic E-state index is -1.35. The van der Waals surface area contributed by atoms with Gasteiger partial charge in [0, 0.05) is 12.1 Å². The van der Waals surface area contributed by atoms with Crippen molar-refractivity contribution < 1.29 is 14.3 Å². The summed E-state index contributed by atoms with van der Waals surface area (Å²) in [6, 6.07) is 14.1. The Morgan fingerprint density at radius 2 is 1.91 bits per heavy atom. The zero-order chi connectivity index (χ0) is 15.6. The lowest BCUT2D eigenvalue weighted by Crippen LogP contribution is -2.45. The van der Waals surface area contributed by atoms with Crippen molar-refractivity contribution in [3.63, 3.8) is 0 Å². The molecular formula is C18H16FNO2. The topological polar surface area (TPSA) is 49.3 Å². The molecule has 0 bridgehead atoms. The van der Waals surface area contributed by atoms with Crippen LogP contribution in [0.2, 0.25) is 0 Å². The highest BCUT2D eigenvalue weighted by atomic mass is 19.1. The van der Waals surface area contributed by atoms with Crippen LogP contribution in [-0.4, -0.2) is 17.6 Å². The molecule has 3 rings (SSSR count). The minimum absolute atomic E-state index is 0.239. The zero-order valence-corrected chi connectivity index (χ0v) is 11.9. The quantitative estimate of drug-likeness (QED) is 0.910. The van der Waals surface area contributed by atoms with Crippen molar-refractivity contribution in [3.05, 3.63) is 77.1 Å². The minimum Gasteiger partial charge on any atom is -0.395 e. The van der Waals surface area contributed by atoms with E-state index in [4.69, 9.17) is 0 Å². The second-order valence-electron chi connectivity index (χ2n) is 5.34. The highest BCUT2D eigenvalue weighted by molar-refractivity contribution is 5.95. The lowest BCUT2D eigenvalue weighted by Gasteiger charge is -2.26. The molecule has 112 valence electrons. The van der Waals surface area contributed by atoms with Gasteiger partial charge in [-0.2, -0.15) is 0 Å². The Kier molecular flexibility index (Phi) is 3.77. The summed E-state index contributed by atoms with van der Waals surface area (Å²) in [6.45, 7) is -0.142. The Balaban J connectivity index is 1.87. The number of aliphatic hydroxyl groups is 1. The normalized spacial score (nSPS) is 19.0. The van der Waals surface area contributed by atoms with Gasteiger partial charge in [0.05, 0.1) is 6.61 Å². The number of aliphatic hydroxyl groups excluding tert-OH is 1. The molecule has 0 radical (unpaired) electrons. The van der Waals surface area contributed by atoms with Gasteiger partial charge in [-0.25, -0.2) is 4.39 Å². The molecule has 0 spiro atoms. The molecule has 2 N–H and O–H groups in total. The molecule has 1 amide bonds. The smallest absolute Gasteiger partial charge is 0.237 e. The summed E-state index contributed by atoms with van der Waals surface area (Å²) in [5.41, 5.74) is 0.460. The van der Waals surface area contributed by atoms with Gasteiger partial charge in [-0.15, -0.1) is 0 Å². The van der Waals surface area contributed by atoms with Crippen LogP contribution < -0.4 is 5.32 Å². The van der Waals surface area contributed by atoms with E-state index in [0.717, 1.165) is 5.56 Å². The number of carbonyl (C=O) groups excluding carboxylic acids is 1. The van der Waals surface area contributed by atoms with Crippen molar-refractivity contribution in [1.29, 1.82) is 0 Å². The highest BCUT2D eigenvalue weighted by Gasteiger charge is 2.43. The fourth-order valence-electron chi connectivity index (χ4n) is 2.79. The second-order valence-corrected chi connectivity index (χ2v) is 5.34. The maximum absolute atomic E-state index is 14.2. The molecule has 0 saturated heterocycles. The standard InChI is InChI=1S/C18H16FNO2/c19-15-8-4-7-14-9-10-18(12-21,16(14)15)17(22)20-11-13-5-2-1-3-6-13/h1-10,21H,11-12H2,(H,20,22). The maximum Gasteiger partial charge on any atom is 0.237 e. The monoisotopic (exact) mass is 297 g/mol. The van der Waals surface area contributed by atoms with Crippen LogP contribution in [-0.2, 0) is 16.8 Å². The fourth-order valence-corrected chi connectivity index (χ4v) is 2.79. The summed E-state index contributed by atoms with van der Waals surface area (Å²) in [7, 11) is 0. The van der Waals surface area contributed by atoms with Crippen molar-refractivity contribution in [3.8, 4) is 0 Å². The first-order valence-corrected chi connectivity index (χ1v) is 7.09. The number of nitrogens with one attached hydrogen (secondary N) is 1. The van der Waals surface area contributed by atoms with Crippen LogP contribution in [0.3, 0.4) is 0 Å². The van der Waals surface area contributed by atoms with Crippen molar-refractivity contribution in [2.45, 2.75) is 12.0 Å². The van der Waals surface area contributed by atoms with Gasteiger partial charge in [-0.1, -0.05) is 54.6 Å². The number of amides is 1. The predicted octanol–water partition coefficient (Wildman–Crippen LogP) is 2.40. The first-order chi connectivity index (χ1) is 10.7. The number of carbonyl (C=O) groups is 1. The van der Waals surface area contributed by atoms with E-state index in [1.807, 2.05) is 30.3 Å². The average molecular weight is 297 g/mol. The van der Waals surface area contributed by atoms with Crippen LogP contribution in [0.25, 0.3) is 6.08 Å². The number of benzene rings is 2. The van der Waals surface area contributed by atoms with Crippen molar-refractivity contribution in [1.82, 2.24) is 5.32 Å². The van der Waals surface area contributed by atoms with Gasteiger partial charge in [0.25, 0.3) is 0 Å².